The van der Waals surface area contributed by atoms with Gasteiger partial charge in [0.15, 0.2) is 0 Å². The first-order valence-electron chi connectivity index (χ1n) is 4.04. The number of amides is 1. The van der Waals surface area contributed by atoms with Crippen molar-refractivity contribution in [3.05, 3.63) is 12.3 Å². The molecule has 1 rings (SSSR count). The lowest BCUT2D eigenvalue weighted by atomic mass is 10.2. The normalized spacial score (nSPS) is 22.5. The minimum atomic E-state index is -0.421. The predicted octanol–water partition coefficient (Wildman–Crippen LogP) is 0.723. The van der Waals surface area contributed by atoms with Crippen LogP contribution in [0.2, 0.25) is 0 Å². The Kier molecular flexibility index (Phi) is 3.10. The smallest absolute Gasteiger partial charge is 0.413 e. The number of hydrogen-bond acceptors (Lipinski definition) is 3. The number of rotatable bonds is 1. The van der Waals surface area contributed by atoms with Gasteiger partial charge in [-0.05, 0) is 19.4 Å². The molecule has 0 spiro atoms. The van der Waals surface area contributed by atoms with E-state index in [4.69, 9.17) is 9.84 Å². The van der Waals surface area contributed by atoms with E-state index in [1.165, 1.54) is 4.90 Å². The molecule has 0 aromatic carbocycles. The molecule has 1 atom stereocenters. The third-order valence-electron chi connectivity index (χ3n) is 1.66. The molecule has 0 fully saturated rings. The monoisotopic (exact) mass is 171 g/mol. The van der Waals surface area contributed by atoms with Crippen molar-refractivity contribution in [3.8, 4) is 0 Å². The van der Waals surface area contributed by atoms with Gasteiger partial charge in [0.25, 0.3) is 0 Å². The van der Waals surface area contributed by atoms with E-state index in [9.17, 15) is 4.79 Å². The third-order valence-corrected chi connectivity index (χ3v) is 1.66. The van der Waals surface area contributed by atoms with Crippen molar-refractivity contribution < 1.29 is 14.6 Å². The van der Waals surface area contributed by atoms with E-state index in [1.807, 2.05) is 0 Å². The van der Waals surface area contributed by atoms with Crippen LogP contribution >= 0.6 is 0 Å². The molecule has 0 bridgehead atoms. The van der Waals surface area contributed by atoms with Crippen LogP contribution in [-0.2, 0) is 4.74 Å². The fourth-order valence-electron chi connectivity index (χ4n) is 1.00. The highest BCUT2D eigenvalue weighted by atomic mass is 16.6. The molecule has 12 heavy (non-hydrogen) atoms. The first-order chi connectivity index (χ1) is 5.74. The molecule has 0 saturated heterocycles. The summed E-state index contributed by atoms with van der Waals surface area (Å²) in [6.07, 6.45) is 2.96. The first kappa shape index (κ1) is 9.06. The summed E-state index contributed by atoms with van der Waals surface area (Å²) in [7, 11) is 0. The van der Waals surface area contributed by atoms with E-state index in [2.05, 4.69) is 0 Å². The van der Waals surface area contributed by atoms with Gasteiger partial charge in [-0.25, -0.2) is 4.79 Å². The van der Waals surface area contributed by atoms with Crippen LogP contribution in [0.4, 0.5) is 4.79 Å². The molecule has 1 heterocycles. The molecule has 1 unspecified atom stereocenters. The van der Waals surface area contributed by atoms with Crippen molar-refractivity contribution in [2.75, 3.05) is 13.2 Å². The van der Waals surface area contributed by atoms with Gasteiger partial charge in [-0.15, -0.1) is 0 Å². The number of carbonyl (C=O) groups is 1. The van der Waals surface area contributed by atoms with E-state index in [0.717, 1.165) is 0 Å². The summed E-state index contributed by atoms with van der Waals surface area (Å²) in [5.41, 5.74) is 0. The number of carbonyl (C=O) groups excluding carboxylic acids is 1. The average molecular weight is 171 g/mol. The van der Waals surface area contributed by atoms with Gasteiger partial charge in [0, 0.05) is 12.7 Å². The topological polar surface area (TPSA) is 49.8 Å². The van der Waals surface area contributed by atoms with Gasteiger partial charge in [0.2, 0.25) is 0 Å². The van der Waals surface area contributed by atoms with Crippen LogP contribution in [0.1, 0.15) is 13.3 Å². The molecule has 0 aromatic rings. The van der Waals surface area contributed by atoms with Crippen molar-refractivity contribution >= 4 is 6.09 Å². The van der Waals surface area contributed by atoms with E-state index in [1.54, 1.807) is 19.2 Å². The molecule has 0 aromatic heterocycles. The molecule has 4 nitrogen and oxygen atoms in total. The number of ether oxygens (including phenoxy) is 1. The fraction of sp³-hybridized carbons (Fsp3) is 0.625. The maximum absolute atomic E-state index is 11.1. The number of aliphatic hydroxyl groups is 1. The van der Waals surface area contributed by atoms with E-state index < -0.39 is 6.10 Å². The van der Waals surface area contributed by atoms with Gasteiger partial charge in [-0.2, -0.15) is 0 Å². The molecule has 68 valence electrons. The number of nitrogens with zero attached hydrogens (tertiary/aromatic N) is 1. The Morgan fingerprint density at radius 2 is 2.58 bits per heavy atom. The van der Waals surface area contributed by atoms with Crippen molar-refractivity contribution in [2.45, 2.75) is 19.4 Å². The second kappa shape index (κ2) is 4.11. The van der Waals surface area contributed by atoms with Crippen LogP contribution in [0.25, 0.3) is 0 Å². The second-order valence-electron chi connectivity index (χ2n) is 2.59. The Bertz CT molecular complexity index is 191. The molecule has 1 N–H and O–H groups in total. The second-order valence-corrected chi connectivity index (χ2v) is 2.59. The molecule has 0 saturated carbocycles. The molecule has 0 aliphatic carbocycles. The van der Waals surface area contributed by atoms with Crippen molar-refractivity contribution in [3.63, 3.8) is 0 Å². The van der Waals surface area contributed by atoms with Gasteiger partial charge in [-0.1, -0.05) is 0 Å². The summed E-state index contributed by atoms with van der Waals surface area (Å²) in [6, 6.07) is 0. The molecule has 4 heteroatoms. The average Bonchev–Trinajstić information content (AvgIpc) is 2.06. The minimum Gasteiger partial charge on any atom is -0.449 e. The maximum Gasteiger partial charge on any atom is 0.413 e. The summed E-state index contributed by atoms with van der Waals surface area (Å²) < 4.78 is 4.77. The van der Waals surface area contributed by atoms with E-state index in [0.29, 0.717) is 19.6 Å². The van der Waals surface area contributed by atoms with Crippen LogP contribution < -0.4 is 0 Å². The SMILES string of the molecule is CCOC(=O)N1C=CC(O)CC1. The third kappa shape index (κ3) is 2.23. The Morgan fingerprint density at radius 1 is 1.83 bits per heavy atom. The Hall–Kier alpha value is -1.03. The Balaban J connectivity index is 2.43. The quantitative estimate of drug-likeness (QED) is 0.632. The van der Waals surface area contributed by atoms with Crippen LogP contribution in [-0.4, -0.2) is 35.4 Å². The lowest BCUT2D eigenvalue weighted by molar-refractivity contribution is 0.110. The summed E-state index contributed by atoms with van der Waals surface area (Å²) in [4.78, 5) is 12.5. The predicted molar refractivity (Wildman–Crippen MR) is 43.5 cm³/mol. The highest BCUT2D eigenvalue weighted by Gasteiger charge is 2.16. The first-order valence-corrected chi connectivity index (χ1v) is 4.04. The highest BCUT2D eigenvalue weighted by Crippen LogP contribution is 2.07. The fourth-order valence-corrected chi connectivity index (χ4v) is 1.00. The summed E-state index contributed by atoms with van der Waals surface area (Å²) in [6.45, 7) is 2.67. The summed E-state index contributed by atoms with van der Waals surface area (Å²) in [5.74, 6) is 0. The minimum absolute atomic E-state index is 0.347. The largest absolute Gasteiger partial charge is 0.449 e. The van der Waals surface area contributed by atoms with Crippen LogP contribution in [0.3, 0.4) is 0 Å². The van der Waals surface area contributed by atoms with Crippen LogP contribution in [0.5, 0.6) is 0 Å². The van der Waals surface area contributed by atoms with Gasteiger partial charge in [0.1, 0.15) is 0 Å². The maximum atomic E-state index is 11.1. The van der Waals surface area contributed by atoms with Crippen molar-refractivity contribution in [2.24, 2.45) is 0 Å². The van der Waals surface area contributed by atoms with Crippen LogP contribution in [0.15, 0.2) is 12.3 Å². The van der Waals surface area contributed by atoms with E-state index >= 15 is 0 Å². The number of aliphatic hydroxyl groups excluding tert-OH is 1. The molecule has 1 aliphatic heterocycles. The molecule has 1 amide bonds. The summed E-state index contributed by atoms with van der Waals surface area (Å²) in [5, 5.41) is 9.07. The molecular formula is C8H13NO3. The Labute approximate surface area is 71.4 Å². The Morgan fingerprint density at radius 3 is 3.08 bits per heavy atom. The van der Waals surface area contributed by atoms with Gasteiger partial charge in [0.05, 0.1) is 12.7 Å². The van der Waals surface area contributed by atoms with Crippen molar-refractivity contribution in [1.29, 1.82) is 0 Å². The highest BCUT2D eigenvalue weighted by molar-refractivity contribution is 5.69. The zero-order valence-corrected chi connectivity index (χ0v) is 7.06. The lowest BCUT2D eigenvalue weighted by Gasteiger charge is -2.22. The standard InChI is InChI=1S/C8H13NO3/c1-2-12-8(11)9-5-3-7(10)4-6-9/h3,5,7,10H,2,4,6H2,1H3. The van der Waals surface area contributed by atoms with Crippen molar-refractivity contribution in [1.82, 2.24) is 4.90 Å². The molecule has 1 aliphatic rings. The summed E-state index contributed by atoms with van der Waals surface area (Å²) >= 11 is 0. The van der Waals surface area contributed by atoms with Gasteiger partial charge >= 0.3 is 6.09 Å². The van der Waals surface area contributed by atoms with E-state index in [-0.39, 0.29) is 6.09 Å². The lowest BCUT2D eigenvalue weighted by Crippen LogP contribution is -2.32. The van der Waals surface area contributed by atoms with Crippen LogP contribution in [0, 0.1) is 0 Å². The van der Waals surface area contributed by atoms with Gasteiger partial charge in [-0.3, -0.25) is 4.90 Å². The molecule has 0 radical (unpaired) electrons. The number of hydrogen-bond donors (Lipinski definition) is 1. The zero-order valence-electron chi connectivity index (χ0n) is 7.06. The zero-order chi connectivity index (χ0) is 8.97. The molecular weight excluding hydrogens is 158 g/mol. The van der Waals surface area contributed by atoms with Gasteiger partial charge < -0.3 is 9.84 Å².